The Morgan fingerprint density at radius 2 is 2.43 bits per heavy atom. The number of carbonyl (C=O) groups is 1. The maximum Gasteiger partial charge on any atom is 0.301 e. The van der Waals surface area contributed by atoms with Gasteiger partial charge in [-0.2, -0.15) is 0 Å². The van der Waals surface area contributed by atoms with Crippen LogP contribution in [0.5, 0.6) is 0 Å². The van der Waals surface area contributed by atoms with Gasteiger partial charge in [0.05, 0.1) is 6.26 Å². The van der Waals surface area contributed by atoms with Crippen molar-refractivity contribution in [3.63, 3.8) is 0 Å². The summed E-state index contributed by atoms with van der Waals surface area (Å²) in [6.45, 7) is 2.95. The lowest BCUT2D eigenvalue weighted by molar-refractivity contribution is 0.0921. The van der Waals surface area contributed by atoms with E-state index in [1.807, 2.05) is 6.07 Å². The van der Waals surface area contributed by atoms with E-state index in [0.29, 0.717) is 5.76 Å². The highest BCUT2D eigenvalue weighted by molar-refractivity contribution is 5.92. The molecule has 0 aromatic carbocycles. The number of carbonyl (C=O) groups excluding carboxylic acids is 1. The number of hydrogen-bond acceptors (Lipinski definition) is 4. The summed E-state index contributed by atoms with van der Waals surface area (Å²) >= 11 is 0. The monoisotopic (exact) mass is 195 g/mol. The largest absolute Gasteiger partial charge is 0.459 e. The summed E-state index contributed by atoms with van der Waals surface area (Å²) in [6, 6.07) is 1.81. The van der Waals surface area contributed by atoms with Gasteiger partial charge in [0.25, 0.3) is 0 Å². The van der Waals surface area contributed by atoms with Gasteiger partial charge in [-0.25, -0.2) is 5.84 Å². The Morgan fingerprint density at radius 1 is 1.64 bits per heavy atom. The van der Waals surface area contributed by atoms with Crippen molar-refractivity contribution in [3.8, 4) is 0 Å². The van der Waals surface area contributed by atoms with Crippen LogP contribution in [0.2, 0.25) is 0 Å². The molecule has 0 radical (unpaired) electrons. The van der Waals surface area contributed by atoms with Gasteiger partial charge in [-0.05, 0) is 25.6 Å². The van der Waals surface area contributed by atoms with Gasteiger partial charge in [0.15, 0.2) is 5.76 Å². The zero-order valence-corrected chi connectivity index (χ0v) is 7.82. The van der Waals surface area contributed by atoms with Crippen LogP contribution in [-0.4, -0.2) is 23.9 Å². The Kier molecular flexibility index (Phi) is 2.51. The van der Waals surface area contributed by atoms with E-state index in [4.69, 9.17) is 10.3 Å². The smallest absolute Gasteiger partial charge is 0.301 e. The van der Waals surface area contributed by atoms with E-state index in [2.05, 4.69) is 10.3 Å². The lowest BCUT2D eigenvalue weighted by Gasteiger charge is -2.30. The minimum absolute atomic E-state index is 0.319. The molecule has 5 heteroatoms. The zero-order valence-electron chi connectivity index (χ0n) is 7.82. The highest BCUT2D eigenvalue weighted by Gasteiger charge is 2.19. The summed E-state index contributed by atoms with van der Waals surface area (Å²) in [7, 11) is 0. The third-order valence-electron chi connectivity index (χ3n) is 2.43. The third-order valence-corrected chi connectivity index (χ3v) is 2.43. The number of nitrogens with one attached hydrogen (secondary N) is 1. The molecular weight excluding hydrogens is 182 g/mol. The molecule has 0 bridgehead atoms. The van der Waals surface area contributed by atoms with E-state index in [0.717, 1.165) is 25.2 Å². The van der Waals surface area contributed by atoms with Gasteiger partial charge in [0.1, 0.15) is 0 Å². The van der Waals surface area contributed by atoms with Crippen molar-refractivity contribution in [3.05, 3.63) is 23.7 Å². The van der Waals surface area contributed by atoms with Crippen molar-refractivity contribution in [2.75, 3.05) is 13.1 Å². The van der Waals surface area contributed by atoms with E-state index in [1.54, 1.807) is 0 Å². The summed E-state index contributed by atoms with van der Waals surface area (Å²) in [4.78, 5) is 13.5. The van der Waals surface area contributed by atoms with E-state index >= 15 is 0 Å². The van der Waals surface area contributed by atoms with Crippen LogP contribution in [0.25, 0.3) is 0 Å². The first-order chi connectivity index (χ1) is 6.81. The molecule has 76 valence electrons. The Morgan fingerprint density at radius 3 is 3.00 bits per heavy atom. The van der Waals surface area contributed by atoms with Crippen molar-refractivity contribution in [2.45, 2.75) is 13.0 Å². The number of nitrogens with two attached hydrogens (primary N) is 1. The fourth-order valence-electron chi connectivity index (χ4n) is 1.51. The van der Waals surface area contributed by atoms with Crippen LogP contribution in [0.4, 0.5) is 0 Å². The van der Waals surface area contributed by atoms with Gasteiger partial charge in [0.2, 0.25) is 0 Å². The molecule has 14 heavy (non-hydrogen) atoms. The molecule has 1 saturated heterocycles. The summed E-state index contributed by atoms with van der Waals surface area (Å²) in [5.74, 6) is 4.99. The van der Waals surface area contributed by atoms with E-state index in [9.17, 15) is 4.79 Å². The van der Waals surface area contributed by atoms with Gasteiger partial charge in [-0.15, -0.1) is 0 Å². The van der Waals surface area contributed by atoms with Crippen LogP contribution >= 0.6 is 0 Å². The lowest BCUT2D eigenvalue weighted by Crippen LogP contribution is -2.37. The second kappa shape index (κ2) is 3.81. The van der Waals surface area contributed by atoms with Crippen molar-refractivity contribution < 1.29 is 9.21 Å². The van der Waals surface area contributed by atoms with Crippen molar-refractivity contribution >= 4 is 5.91 Å². The number of nitrogens with zero attached hydrogens (tertiary/aromatic N) is 1. The number of hydrazine groups is 1. The molecule has 2 heterocycles. The summed E-state index contributed by atoms with van der Waals surface area (Å²) in [6.07, 6.45) is 2.75. The van der Waals surface area contributed by atoms with E-state index in [1.165, 1.54) is 12.7 Å². The van der Waals surface area contributed by atoms with Crippen LogP contribution in [0, 0.1) is 0 Å². The van der Waals surface area contributed by atoms with Crippen LogP contribution in [0.1, 0.15) is 22.5 Å². The number of rotatable bonds is 3. The minimum atomic E-state index is -0.370. The van der Waals surface area contributed by atoms with Gasteiger partial charge in [-0.3, -0.25) is 15.1 Å². The number of furan rings is 1. The minimum Gasteiger partial charge on any atom is -0.459 e. The molecule has 1 aromatic rings. The topological polar surface area (TPSA) is 71.5 Å². The third kappa shape index (κ3) is 1.64. The number of amides is 1. The Bertz CT molecular complexity index is 331. The maximum atomic E-state index is 11.2. The number of hydrogen-bond donors (Lipinski definition) is 2. The molecule has 3 N–H and O–H groups in total. The number of likely N-dealkylation sites (tertiary alicyclic amines) is 1. The van der Waals surface area contributed by atoms with Gasteiger partial charge >= 0.3 is 5.91 Å². The second-order valence-corrected chi connectivity index (χ2v) is 3.38. The molecule has 1 aliphatic rings. The molecule has 2 rings (SSSR count). The highest BCUT2D eigenvalue weighted by Crippen LogP contribution is 2.16. The SMILES string of the molecule is NNC(=O)c1occc1CN1CCC1. The van der Waals surface area contributed by atoms with Gasteiger partial charge in [0, 0.05) is 12.1 Å². The van der Waals surface area contributed by atoms with E-state index < -0.39 is 0 Å². The first-order valence-corrected chi connectivity index (χ1v) is 4.61. The Balaban J connectivity index is 2.08. The molecule has 0 spiro atoms. The zero-order chi connectivity index (χ0) is 9.97. The summed E-state index contributed by atoms with van der Waals surface area (Å²) in [5.41, 5.74) is 2.96. The Hall–Kier alpha value is -1.33. The standard InChI is InChI=1S/C9H13N3O2/c10-11-9(13)8-7(2-5-14-8)6-12-3-1-4-12/h2,5H,1,3-4,6,10H2,(H,11,13). The van der Waals surface area contributed by atoms with E-state index in [-0.39, 0.29) is 5.91 Å². The van der Waals surface area contributed by atoms with Crippen LogP contribution in [-0.2, 0) is 6.54 Å². The van der Waals surface area contributed by atoms with Crippen molar-refractivity contribution in [1.82, 2.24) is 10.3 Å². The average Bonchev–Trinajstić information content (AvgIpc) is 2.58. The lowest BCUT2D eigenvalue weighted by atomic mass is 10.1. The number of nitrogen functional groups attached to an aromatic ring is 1. The fourth-order valence-corrected chi connectivity index (χ4v) is 1.51. The molecule has 0 unspecified atom stereocenters. The highest BCUT2D eigenvalue weighted by atomic mass is 16.3. The van der Waals surface area contributed by atoms with Crippen molar-refractivity contribution in [1.29, 1.82) is 0 Å². The Labute approximate surface area is 81.8 Å². The first-order valence-electron chi connectivity index (χ1n) is 4.61. The molecule has 1 fully saturated rings. The summed E-state index contributed by atoms with van der Waals surface area (Å²) < 4.78 is 5.07. The van der Waals surface area contributed by atoms with Crippen LogP contribution in [0.3, 0.4) is 0 Å². The quantitative estimate of drug-likeness (QED) is 0.407. The molecule has 1 amide bonds. The van der Waals surface area contributed by atoms with Crippen LogP contribution < -0.4 is 11.3 Å². The predicted octanol–water partition coefficient (Wildman–Crippen LogP) is 0.0888. The molecule has 1 aliphatic heterocycles. The first kappa shape index (κ1) is 9.23. The molecular formula is C9H13N3O2. The van der Waals surface area contributed by atoms with Gasteiger partial charge in [-0.1, -0.05) is 0 Å². The average molecular weight is 195 g/mol. The van der Waals surface area contributed by atoms with Crippen molar-refractivity contribution in [2.24, 2.45) is 5.84 Å². The maximum absolute atomic E-state index is 11.2. The molecule has 0 atom stereocenters. The molecule has 1 aromatic heterocycles. The molecule has 0 saturated carbocycles. The fraction of sp³-hybridized carbons (Fsp3) is 0.444. The van der Waals surface area contributed by atoms with Crippen LogP contribution in [0.15, 0.2) is 16.7 Å². The molecule has 5 nitrogen and oxygen atoms in total. The molecule has 0 aliphatic carbocycles. The normalized spacial score (nSPS) is 16.4. The second-order valence-electron chi connectivity index (χ2n) is 3.38. The predicted molar refractivity (Wildman–Crippen MR) is 50.3 cm³/mol. The summed E-state index contributed by atoms with van der Waals surface area (Å²) in [5, 5.41) is 0. The van der Waals surface area contributed by atoms with Gasteiger partial charge < -0.3 is 4.42 Å².